The van der Waals surface area contributed by atoms with Gasteiger partial charge < -0.3 is 14.6 Å². The Bertz CT molecular complexity index is 896. The zero-order valence-electron chi connectivity index (χ0n) is 14.8. The van der Waals surface area contributed by atoms with Crippen molar-refractivity contribution < 1.29 is 9.53 Å². The molecule has 0 atom stereocenters. The second kappa shape index (κ2) is 7.15. The summed E-state index contributed by atoms with van der Waals surface area (Å²) in [6.45, 7) is 3.32. The zero-order chi connectivity index (χ0) is 17.9. The first kappa shape index (κ1) is 16.6. The van der Waals surface area contributed by atoms with Gasteiger partial charge in [0.25, 0.3) is 0 Å². The van der Waals surface area contributed by atoms with E-state index in [4.69, 9.17) is 4.74 Å². The van der Waals surface area contributed by atoms with E-state index in [0.29, 0.717) is 25.4 Å². The fourth-order valence-corrected chi connectivity index (χ4v) is 3.40. The number of aromatic nitrogens is 3. The summed E-state index contributed by atoms with van der Waals surface area (Å²) in [4.78, 5) is 17.8. The van der Waals surface area contributed by atoms with E-state index >= 15 is 0 Å². The molecule has 0 spiro atoms. The van der Waals surface area contributed by atoms with Crippen LogP contribution in [0.5, 0.6) is 5.88 Å². The van der Waals surface area contributed by atoms with Gasteiger partial charge in [0.1, 0.15) is 6.10 Å². The number of H-pyrrole nitrogens is 1. The lowest BCUT2D eigenvalue weighted by Gasteiger charge is -2.31. The van der Waals surface area contributed by atoms with Gasteiger partial charge in [0.15, 0.2) is 0 Å². The number of carbonyl (C=O) groups is 1. The molecule has 0 aliphatic carbocycles. The van der Waals surface area contributed by atoms with E-state index in [1.54, 1.807) is 0 Å². The number of benzene rings is 1. The zero-order valence-corrected chi connectivity index (χ0v) is 14.8. The molecule has 1 aliphatic heterocycles. The number of para-hydroxylation sites is 1. The highest BCUT2D eigenvalue weighted by Gasteiger charge is 2.24. The van der Waals surface area contributed by atoms with E-state index in [2.05, 4.69) is 21.2 Å². The largest absolute Gasteiger partial charge is 0.473 e. The first-order valence-corrected chi connectivity index (χ1v) is 8.99. The first-order valence-electron chi connectivity index (χ1n) is 8.99. The van der Waals surface area contributed by atoms with Crippen molar-refractivity contribution in [3.8, 4) is 5.88 Å². The predicted octanol–water partition coefficient (Wildman–Crippen LogP) is 2.88. The van der Waals surface area contributed by atoms with E-state index in [9.17, 15) is 4.79 Å². The molecular weight excluding hydrogens is 328 g/mol. The summed E-state index contributed by atoms with van der Waals surface area (Å²) >= 11 is 0. The van der Waals surface area contributed by atoms with Crippen molar-refractivity contribution in [3.63, 3.8) is 0 Å². The number of nitrogens with one attached hydrogen (secondary N) is 1. The summed E-state index contributed by atoms with van der Waals surface area (Å²) in [5.74, 6) is 0.725. The Morgan fingerprint density at radius 3 is 2.77 bits per heavy atom. The maximum Gasteiger partial charge on any atom is 0.233 e. The van der Waals surface area contributed by atoms with Gasteiger partial charge in [-0.25, -0.2) is 0 Å². The Hall–Kier alpha value is -2.89. The van der Waals surface area contributed by atoms with Crippen molar-refractivity contribution in [3.05, 3.63) is 53.9 Å². The number of ether oxygens (including phenoxy) is 1. The molecule has 0 bridgehead atoms. The van der Waals surface area contributed by atoms with Crippen LogP contribution in [-0.2, 0) is 11.2 Å². The number of amides is 1. The third kappa shape index (κ3) is 3.54. The van der Waals surface area contributed by atoms with Crippen LogP contribution in [0.25, 0.3) is 10.9 Å². The van der Waals surface area contributed by atoms with Gasteiger partial charge in [-0.2, -0.15) is 5.10 Å². The van der Waals surface area contributed by atoms with Gasteiger partial charge in [-0.15, -0.1) is 5.10 Å². The Kier molecular flexibility index (Phi) is 4.56. The van der Waals surface area contributed by atoms with E-state index in [-0.39, 0.29) is 12.0 Å². The second-order valence-corrected chi connectivity index (χ2v) is 6.75. The van der Waals surface area contributed by atoms with Crippen LogP contribution in [0.15, 0.2) is 42.6 Å². The summed E-state index contributed by atoms with van der Waals surface area (Å²) in [7, 11) is 0. The standard InChI is InChI=1S/C20H22N4O2/c1-14-6-7-19(23-22-14)26-16-8-10-24(11-9-16)20(25)12-15-13-21-18-5-3-2-4-17(15)18/h2-7,13,16,21H,8-12H2,1H3. The van der Waals surface area contributed by atoms with E-state index in [1.807, 2.05) is 48.4 Å². The molecule has 0 saturated carbocycles. The topological polar surface area (TPSA) is 71.1 Å². The normalized spacial score (nSPS) is 15.3. The predicted molar refractivity (Wildman–Crippen MR) is 99.0 cm³/mol. The number of nitrogens with zero attached hydrogens (tertiary/aromatic N) is 3. The molecule has 3 heterocycles. The van der Waals surface area contributed by atoms with Crippen LogP contribution in [0, 0.1) is 6.92 Å². The third-order valence-electron chi connectivity index (χ3n) is 4.87. The highest BCUT2D eigenvalue weighted by molar-refractivity contribution is 5.88. The summed E-state index contributed by atoms with van der Waals surface area (Å²) < 4.78 is 5.89. The van der Waals surface area contributed by atoms with Crippen molar-refractivity contribution in [1.82, 2.24) is 20.1 Å². The molecule has 6 heteroatoms. The molecule has 134 valence electrons. The lowest BCUT2D eigenvalue weighted by molar-refractivity contribution is -0.132. The molecule has 1 aromatic carbocycles. The molecule has 1 aliphatic rings. The Morgan fingerprint density at radius 2 is 2.00 bits per heavy atom. The highest BCUT2D eigenvalue weighted by atomic mass is 16.5. The molecule has 1 amide bonds. The van der Waals surface area contributed by atoms with Gasteiger partial charge in [0.2, 0.25) is 11.8 Å². The van der Waals surface area contributed by atoms with Crippen molar-refractivity contribution in [2.75, 3.05) is 13.1 Å². The number of carbonyl (C=O) groups excluding carboxylic acids is 1. The summed E-state index contributed by atoms with van der Waals surface area (Å²) in [5, 5.41) is 9.18. The Balaban J connectivity index is 1.32. The summed E-state index contributed by atoms with van der Waals surface area (Å²) in [6, 6.07) is 11.8. The molecular formula is C20H22N4O2. The van der Waals surface area contributed by atoms with E-state index in [1.165, 1.54) is 0 Å². The van der Waals surface area contributed by atoms with Crippen LogP contribution in [0.4, 0.5) is 0 Å². The molecule has 4 rings (SSSR count). The average molecular weight is 350 g/mol. The molecule has 0 unspecified atom stereocenters. The number of piperidine rings is 1. The summed E-state index contributed by atoms with van der Waals surface area (Å²) in [5.41, 5.74) is 3.00. The molecule has 1 N–H and O–H groups in total. The molecule has 1 saturated heterocycles. The van der Waals surface area contributed by atoms with Crippen molar-refractivity contribution in [1.29, 1.82) is 0 Å². The minimum absolute atomic E-state index is 0.0872. The van der Waals surface area contributed by atoms with Gasteiger partial charge >= 0.3 is 0 Å². The lowest BCUT2D eigenvalue weighted by Crippen LogP contribution is -2.42. The number of fused-ring (bicyclic) bond motifs is 1. The Morgan fingerprint density at radius 1 is 1.19 bits per heavy atom. The van der Waals surface area contributed by atoms with Crippen LogP contribution in [0.2, 0.25) is 0 Å². The molecule has 2 aromatic heterocycles. The molecule has 3 aromatic rings. The number of likely N-dealkylation sites (tertiary alicyclic amines) is 1. The highest BCUT2D eigenvalue weighted by Crippen LogP contribution is 2.21. The fourth-order valence-electron chi connectivity index (χ4n) is 3.40. The van der Waals surface area contributed by atoms with Gasteiger partial charge in [0.05, 0.1) is 12.1 Å². The van der Waals surface area contributed by atoms with Crippen molar-refractivity contribution >= 4 is 16.8 Å². The van der Waals surface area contributed by atoms with Crippen molar-refractivity contribution in [2.45, 2.75) is 32.3 Å². The molecule has 26 heavy (non-hydrogen) atoms. The number of aryl methyl sites for hydroxylation is 1. The number of hydrogen-bond donors (Lipinski definition) is 1. The number of aromatic amines is 1. The van der Waals surface area contributed by atoms with Crippen LogP contribution in [0.1, 0.15) is 24.1 Å². The third-order valence-corrected chi connectivity index (χ3v) is 4.87. The monoisotopic (exact) mass is 350 g/mol. The minimum atomic E-state index is 0.0872. The smallest absolute Gasteiger partial charge is 0.233 e. The van der Waals surface area contributed by atoms with Gasteiger partial charge in [0, 0.05) is 49.1 Å². The Labute approximate surface area is 152 Å². The van der Waals surface area contributed by atoms with E-state index in [0.717, 1.165) is 35.0 Å². The number of hydrogen-bond acceptors (Lipinski definition) is 4. The van der Waals surface area contributed by atoms with Gasteiger partial charge in [-0.3, -0.25) is 4.79 Å². The maximum absolute atomic E-state index is 12.7. The second-order valence-electron chi connectivity index (χ2n) is 6.75. The maximum atomic E-state index is 12.7. The fraction of sp³-hybridized carbons (Fsp3) is 0.350. The summed E-state index contributed by atoms with van der Waals surface area (Å²) in [6.07, 6.45) is 4.09. The quantitative estimate of drug-likeness (QED) is 0.785. The SMILES string of the molecule is Cc1ccc(OC2CCN(C(=O)Cc3c[nH]c4ccccc34)CC2)nn1. The molecule has 1 fully saturated rings. The van der Waals surface area contributed by atoms with Crippen LogP contribution >= 0.6 is 0 Å². The van der Waals surface area contributed by atoms with Gasteiger partial charge in [-0.1, -0.05) is 18.2 Å². The average Bonchev–Trinajstić information content (AvgIpc) is 3.07. The van der Waals surface area contributed by atoms with Crippen LogP contribution in [0.3, 0.4) is 0 Å². The molecule has 0 radical (unpaired) electrons. The van der Waals surface area contributed by atoms with Crippen LogP contribution in [-0.4, -0.2) is 45.2 Å². The lowest BCUT2D eigenvalue weighted by atomic mass is 10.1. The van der Waals surface area contributed by atoms with Gasteiger partial charge in [-0.05, 0) is 24.6 Å². The first-order chi connectivity index (χ1) is 12.7. The minimum Gasteiger partial charge on any atom is -0.473 e. The van der Waals surface area contributed by atoms with E-state index < -0.39 is 0 Å². The molecule has 6 nitrogen and oxygen atoms in total. The van der Waals surface area contributed by atoms with Crippen LogP contribution < -0.4 is 4.74 Å². The number of rotatable bonds is 4. The van der Waals surface area contributed by atoms with Crippen molar-refractivity contribution in [2.24, 2.45) is 0 Å².